The second kappa shape index (κ2) is 13.4. The van der Waals surface area contributed by atoms with Crippen molar-refractivity contribution in [3.63, 3.8) is 0 Å². The minimum absolute atomic E-state index is 0.152. The number of hydrogen-bond acceptors (Lipinski definition) is 4. The van der Waals surface area contributed by atoms with Gasteiger partial charge in [0.1, 0.15) is 5.75 Å². The number of nitrogens with zero attached hydrogens (tertiary/aromatic N) is 2. The Morgan fingerprint density at radius 2 is 1.92 bits per heavy atom. The van der Waals surface area contributed by atoms with Crippen LogP contribution in [0.1, 0.15) is 38.3 Å². The van der Waals surface area contributed by atoms with E-state index >= 15 is 0 Å². The highest BCUT2D eigenvalue weighted by Crippen LogP contribution is 2.28. The van der Waals surface area contributed by atoms with E-state index in [-0.39, 0.29) is 6.04 Å². The number of ether oxygens (including phenoxy) is 2. The van der Waals surface area contributed by atoms with Crippen LogP contribution in [0, 0.1) is 0 Å². The third kappa shape index (κ3) is 8.06. The van der Waals surface area contributed by atoms with Crippen LogP contribution in [0.2, 0.25) is 0 Å². The molecule has 0 amide bonds. The maximum absolute atomic E-state index is 5.52. The van der Waals surface area contributed by atoms with Crippen molar-refractivity contribution in [2.45, 2.75) is 32.7 Å². The molecule has 0 radical (unpaired) electrons. The fourth-order valence-corrected chi connectivity index (χ4v) is 2.68. The highest BCUT2D eigenvalue weighted by molar-refractivity contribution is 5.79. The van der Waals surface area contributed by atoms with Gasteiger partial charge in [-0.25, -0.2) is 0 Å². The first-order valence-electron chi connectivity index (χ1n) is 9.53. The van der Waals surface area contributed by atoms with E-state index in [1.54, 1.807) is 7.11 Å². The summed E-state index contributed by atoms with van der Waals surface area (Å²) in [5, 5.41) is 6.72. The monoisotopic (exact) mass is 364 g/mol. The number of para-hydroxylation sites is 1. The van der Waals surface area contributed by atoms with Crippen molar-refractivity contribution in [1.82, 2.24) is 15.5 Å². The van der Waals surface area contributed by atoms with Crippen LogP contribution in [0.15, 0.2) is 29.3 Å². The van der Waals surface area contributed by atoms with Gasteiger partial charge in [0.05, 0.1) is 19.7 Å². The lowest BCUT2D eigenvalue weighted by molar-refractivity contribution is 0.143. The number of aliphatic imine (C=N–C) groups is 1. The van der Waals surface area contributed by atoms with E-state index in [4.69, 9.17) is 14.5 Å². The van der Waals surface area contributed by atoms with Crippen molar-refractivity contribution in [2.75, 3.05) is 54.1 Å². The van der Waals surface area contributed by atoms with Gasteiger partial charge in [-0.1, -0.05) is 18.2 Å². The van der Waals surface area contributed by atoms with E-state index in [2.05, 4.69) is 42.6 Å². The average molecular weight is 365 g/mol. The normalized spacial score (nSPS) is 12.9. The largest absolute Gasteiger partial charge is 0.496 e. The van der Waals surface area contributed by atoms with Crippen LogP contribution in [0.3, 0.4) is 0 Å². The third-order valence-electron chi connectivity index (χ3n) is 4.10. The molecule has 1 unspecified atom stereocenters. The van der Waals surface area contributed by atoms with E-state index in [1.807, 2.05) is 25.1 Å². The lowest BCUT2D eigenvalue weighted by atomic mass is 10.0. The predicted octanol–water partition coefficient (Wildman–Crippen LogP) is 2.67. The molecule has 26 heavy (non-hydrogen) atoms. The molecule has 0 aliphatic carbocycles. The first-order chi connectivity index (χ1) is 12.6. The van der Waals surface area contributed by atoms with E-state index in [1.165, 1.54) is 0 Å². The average Bonchev–Trinajstić information content (AvgIpc) is 2.64. The maximum atomic E-state index is 5.52. The molecule has 0 bridgehead atoms. The molecule has 6 heteroatoms. The molecule has 1 rings (SSSR count). The van der Waals surface area contributed by atoms with Crippen LogP contribution < -0.4 is 15.4 Å². The van der Waals surface area contributed by atoms with Gasteiger partial charge in [-0.2, -0.15) is 0 Å². The number of likely N-dealkylation sites (N-methyl/N-ethyl adjacent to an activating group) is 1. The van der Waals surface area contributed by atoms with Gasteiger partial charge in [-0.15, -0.1) is 0 Å². The molecule has 0 heterocycles. The first-order valence-corrected chi connectivity index (χ1v) is 9.53. The Morgan fingerprint density at radius 1 is 1.15 bits per heavy atom. The second-order valence-corrected chi connectivity index (χ2v) is 6.27. The highest BCUT2D eigenvalue weighted by Gasteiger charge is 2.18. The summed E-state index contributed by atoms with van der Waals surface area (Å²) in [7, 11) is 5.85. The summed E-state index contributed by atoms with van der Waals surface area (Å²) in [6, 6.07) is 8.29. The molecule has 0 aromatic heterocycles. The van der Waals surface area contributed by atoms with E-state index in [0.29, 0.717) is 6.54 Å². The molecule has 0 spiro atoms. The van der Waals surface area contributed by atoms with Crippen LogP contribution in [-0.4, -0.2) is 64.9 Å². The van der Waals surface area contributed by atoms with Crippen molar-refractivity contribution >= 4 is 5.96 Å². The van der Waals surface area contributed by atoms with Crippen molar-refractivity contribution in [3.05, 3.63) is 29.8 Å². The van der Waals surface area contributed by atoms with Crippen molar-refractivity contribution < 1.29 is 9.47 Å². The molecule has 1 aromatic rings. The molecule has 0 saturated carbocycles. The number of benzene rings is 1. The van der Waals surface area contributed by atoms with E-state index < -0.39 is 0 Å². The van der Waals surface area contributed by atoms with Crippen LogP contribution in [-0.2, 0) is 4.74 Å². The van der Waals surface area contributed by atoms with Gasteiger partial charge in [0.25, 0.3) is 0 Å². The maximum Gasteiger partial charge on any atom is 0.191 e. The molecule has 0 fully saturated rings. The predicted molar refractivity (Wildman–Crippen MR) is 109 cm³/mol. The number of hydrogen-bond donors (Lipinski definition) is 2. The van der Waals surface area contributed by atoms with Crippen LogP contribution in [0.25, 0.3) is 0 Å². The summed E-state index contributed by atoms with van der Waals surface area (Å²) < 4.78 is 10.9. The standard InChI is InChI=1S/C20H36N4O2/c1-6-21-20(22-14-10-11-15-26-7-2)23-16-18(24(3)4)17-12-8-9-13-19(17)25-5/h8-9,12-13,18H,6-7,10-11,14-16H2,1-5H3,(H2,21,22,23). The van der Waals surface area contributed by atoms with Crippen molar-refractivity contribution in [3.8, 4) is 5.75 Å². The zero-order valence-corrected chi connectivity index (χ0v) is 17.0. The third-order valence-corrected chi connectivity index (χ3v) is 4.10. The zero-order valence-electron chi connectivity index (χ0n) is 17.0. The van der Waals surface area contributed by atoms with Gasteiger partial charge in [-0.05, 0) is 46.9 Å². The van der Waals surface area contributed by atoms with Gasteiger partial charge in [0, 0.05) is 31.9 Å². The van der Waals surface area contributed by atoms with Gasteiger partial charge < -0.3 is 25.0 Å². The summed E-state index contributed by atoms with van der Waals surface area (Å²) >= 11 is 0. The highest BCUT2D eigenvalue weighted by atomic mass is 16.5. The summed E-state index contributed by atoms with van der Waals surface area (Å²) in [4.78, 5) is 6.96. The topological polar surface area (TPSA) is 58.1 Å². The molecule has 1 atom stereocenters. The van der Waals surface area contributed by atoms with E-state index in [9.17, 15) is 0 Å². The zero-order chi connectivity index (χ0) is 19.2. The van der Waals surface area contributed by atoms with E-state index in [0.717, 1.165) is 56.4 Å². The molecular weight excluding hydrogens is 328 g/mol. The molecule has 0 aliphatic rings. The first kappa shape index (κ1) is 22.3. The Balaban J connectivity index is 2.68. The fourth-order valence-electron chi connectivity index (χ4n) is 2.68. The molecule has 148 valence electrons. The van der Waals surface area contributed by atoms with Gasteiger partial charge >= 0.3 is 0 Å². The summed E-state index contributed by atoms with van der Waals surface area (Å²) in [5.41, 5.74) is 1.15. The Labute approximate surface area is 159 Å². The quantitative estimate of drug-likeness (QED) is 0.339. The lowest BCUT2D eigenvalue weighted by Gasteiger charge is -2.25. The summed E-state index contributed by atoms with van der Waals surface area (Å²) in [6.07, 6.45) is 2.12. The van der Waals surface area contributed by atoms with Crippen LogP contribution in [0.5, 0.6) is 5.75 Å². The minimum atomic E-state index is 0.152. The van der Waals surface area contributed by atoms with Crippen molar-refractivity contribution in [1.29, 1.82) is 0 Å². The molecule has 1 aromatic carbocycles. The molecule has 6 nitrogen and oxygen atoms in total. The van der Waals surface area contributed by atoms with Gasteiger partial charge in [0.2, 0.25) is 0 Å². The summed E-state index contributed by atoms with van der Waals surface area (Å²) in [5.74, 6) is 1.75. The van der Waals surface area contributed by atoms with Gasteiger partial charge in [-0.3, -0.25) is 4.99 Å². The number of methoxy groups -OCH3 is 1. The van der Waals surface area contributed by atoms with Crippen LogP contribution >= 0.6 is 0 Å². The summed E-state index contributed by atoms with van der Waals surface area (Å²) in [6.45, 7) is 8.09. The number of unbranched alkanes of at least 4 members (excludes halogenated alkanes) is 1. The van der Waals surface area contributed by atoms with Crippen molar-refractivity contribution in [2.24, 2.45) is 4.99 Å². The number of guanidine groups is 1. The molecular formula is C20H36N4O2. The second-order valence-electron chi connectivity index (χ2n) is 6.27. The van der Waals surface area contributed by atoms with Crippen LogP contribution in [0.4, 0.5) is 0 Å². The molecule has 0 saturated heterocycles. The molecule has 2 N–H and O–H groups in total. The molecule has 0 aliphatic heterocycles. The van der Waals surface area contributed by atoms with Gasteiger partial charge in [0.15, 0.2) is 5.96 Å². The number of nitrogens with one attached hydrogen (secondary N) is 2. The smallest absolute Gasteiger partial charge is 0.191 e. The SMILES string of the molecule is CCNC(=NCC(c1ccccc1OC)N(C)C)NCCCCOCC. The Kier molecular flexibility index (Phi) is 11.5. The fraction of sp³-hybridized carbons (Fsp3) is 0.650. The minimum Gasteiger partial charge on any atom is -0.496 e. The Morgan fingerprint density at radius 3 is 2.58 bits per heavy atom. The number of rotatable bonds is 12. The Hall–Kier alpha value is -1.79. The Bertz CT molecular complexity index is 520. The lowest BCUT2D eigenvalue weighted by Crippen LogP contribution is -2.38.